The minimum absolute atomic E-state index is 0.0138. The number of carbonyl (C=O) groups is 4. The lowest BCUT2D eigenvalue weighted by molar-refractivity contribution is -0.147. The van der Waals surface area contributed by atoms with Crippen molar-refractivity contribution in [2.45, 2.75) is 6.42 Å². The number of carbonyl (C=O) groups excluding carboxylic acids is 4. The SMILES string of the molecule is O=C(COC(=O)[C@@H]1CC(=O)N(c2ccc(Cl)cc2)C1)c1ccc(OC(=O)c2cccs2)cc1. The van der Waals surface area contributed by atoms with Gasteiger partial charge in [-0.15, -0.1) is 11.3 Å². The Kier molecular flexibility index (Phi) is 6.86. The Morgan fingerprint density at radius 2 is 1.76 bits per heavy atom. The van der Waals surface area contributed by atoms with Crippen LogP contribution in [0.4, 0.5) is 5.69 Å². The zero-order valence-electron chi connectivity index (χ0n) is 17.2. The molecule has 1 atom stereocenters. The second-order valence-electron chi connectivity index (χ2n) is 7.30. The van der Waals surface area contributed by atoms with Gasteiger partial charge in [-0.1, -0.05) is 17.7 Å². The zero-order chi connectivity index (χ0) is 23.4. The molecule has 0 saturated carbocycles. The maximum atomic E-state index is 12.4. The van der Waals surface area contributed by atoms with Crippen molar-refractivity contribution in [2.75, 3.05) is 18.1 Å². The molecule has 1 saturated heterocycles. The predicted octanol–water partition coefficient (Wildman–Crippen LogP) is 4.40. The summed E-state index contributed by atoms with van der Waals surface area (Å²) < 4.78 is 10.4. The number of hydrogen-bond acceptors (Lipinski definition) is 7. The molecule has 0 radical (unpaired) electrons. The van der Waals surface area contributed by atoms with Crippen molar-refractivity contribution in [2.24, 2.45) is 5.92 Å². The Balaban J connectivity index is 1.28. The minimum atomic E-state index is -0.653. The number of amides is 1. The van der Waals surface area contributed by atoms with Crippen LogP contribution in [0.5, 0.6) is 5.75 Å². The molecule has 4 rings (SSSR count). The molecule has 1 aliphatic heterocycles. The second kappa shape index (κ2) is 9.97. The van der Waals surface area contributed by atoms with Gasteiger partial charge in [0.05, 0.1) is 5.92 Å². The Hall–Kier alpha value is -3.49. The third-order valence-electron chi connectivity index (χ3n) is 5.05. The van der Waals surface area contributed by atoms with Gasteiger partial charge in [0.15, 0.2) is 12.4 Å². The third-order valence-corrected chi connectivity index (χ3v) is 6.15. The van der Waals surface area contributed by atoms with E-state index in [1.165, 1.54) is 40.5 Å². The van der Waals surface area contributed by atoms with Crippen LogP contribution in [0.25, 0.3) is 0 Å². The molecule has 0 bridgehead atoms. The summed E-state index contributed by atoms with van der Waals surface area (Å²) in [5, 5.41) is 2.32. The molecule has 3 aromatic rings. The van der Waals surface area contributed by atoms with Gasteiger partial charge in [0.25, 0.3) is 0 Å². The van der Waals surface area contributed by atoms with Crippen LogP contribution in [0.2, 0.25) is 5.02 Å². The molecule has 0 N–H and O–H groups in total. The fourth-order valence-corrected chi connectivity index (χ4v) is 4.06. The highest BCUT2D eigenvalue weighted by Crippen LogP contribution is 2.27. The fraction of sp³-hybridized carbons (Fsp3) is 0.167. The van der Waals surface area contributed by atoms with E-state index in [4.69, 9.17) is 21.1 Å². The number of esters is 2. The second-order valence-corrected chi connectivity index (χ2v) is 8.69. The van der Waals surface area contributed by atoms with Crippen LogP contribution < -0.4 is 9.64 Å². The van der Waals surface area contributed by atoms with E-state index in [0.717, 1.165) is 0 Å². The molecular weight excluding hydrogens is 466 g/mol. The molecule has 2 aromatic carbocycles. The number of ether oxygens (including phenoxy) is 2. The monoisotopic (exact) mass is 483 g/mol. The molecule has 7 nitrogen and oxygen atoms in total. The van der Waals surface area contributed by atoms with E-state index in [1.807, 2.05) is 0 Å². The predicted molar refractivity (Wildman–Crippen MR) is 123 cm³/mol. The van der Waals surface area contributed by atoms with Gasteiger partial charge in [-0.3, -0.25) is 14.4 Å². The maximum Gasteiger partial charge on any atom is 0.353 e. The highest BCUT2D eigenvalue weighted by Gasteiger charge is 2.36. The van der Waals surface area contributed by atoms with Crippen LogP contribution in [0.1, 0.15) is 26.5 Å². The number of nitrogens with zero attached hydrogens (tertiary/aromatic N) is 1. The molecule has 1 fully saturated rings. The summed E-state index contributed by atoms with van der Waals surface area (Å²) in [5.41, 5.74) is 0.958. The molecule has 0 spiro atoms. The number of rotatable bonds is 7. The Labute approximate surface area is 198 Å². The number of hydrogen-bond donors (Lipinski definition) is 0. The number of benzene rings is 2. The van der Waals surface area contributed by atoms with Gasteiger partial charge < -0.3 is 14.4 Å². The quantitative estimate of drug-likeness (QED) is 0.281. The summed E-state index contributed by atoms with van der Waals surface area (Å²) in [6.45, 7) is -0.267. The Bertz CT molecular complexity index is 1170. The molecule has 168 valence electrons. The van der Waals surface area contributed by atoms with E-state index >= 15 is 0 Å². The van der Waals surface area contributed by atoms with Crippen molar-refractivity contribution in [3.05, 3.63) is 81.5 Å². The van der Waals surface area contributed by atoms with Gasteiger partial charge in [-0.25, -0.2) is 4.79 Å². The summed E-state index contributed by atoms with van der Waals surface area (Å²) >= 11 is 7.15. The van der Waals surface area contributed by atoms with Crippen molar-refractivity contribution in [1.29, 1.82) is 0 Å². The summed E-state index contributed by atoms with van der Waals surface area (Å²) in [5.74, 6) is -2.03. The summed E-state index contributed by atoms with van der Waals surface area (Å²) in [6, 6.07) is 16.2. The topological polar surface area (TPSA) is 90.0 Å². The van der Waals surface area contributed by atoms with Gasteiger partial charge >= 0.3 is 11.9 Å². The molecule has 1 aromatic heterocycles. The van der Waals surface area contributed by atoms with Crippen molar-refractivity contribution in [1.82, 2.24) is 0 Å². The Morgan fingerprint density at radius 3 is 2.42 bits per heavy atom. The standard InChI is InChI=1S/C24H18ClNO6S/c25-17-5-7-18(8-6-17)26-13-16(12-22(26)28)23(29)31-14-20(27)15-3-9-19(10-4-15)32-24(30)21-2-1-11-33-21/h1-11,16H,12-14H2/t16-/m1/s1. The van der Waals surface area contributed by atoms with Crippen molar-refractivity contribution in [3.8, 4) is 5.75 Å². The molecule has 1 amide bonds. The van der Waals surface area contributed by atoms with Gasteiger partial charge in [-0.05, 0) is 60.0 Å². The van der Waals surface area contributed by atoms with Crippen LogP contribution in [-0.4, -0.2) is 36.8 Å². The van der Waals surface area contributed by atoms with Crippen molar-refractivity contribution >= 4 is 52.3 Å². The zero-order valence-corrected chi connectivity index (χ0v) is 18.8. The first-order chi connectivity index (χ1) is 15.9. The number of anilines is 1. The first-order valence-electron chi connectivity index (χ1n) is 10.0. The Morgan fingerprint density at radius 1 is 1.03 bits per heavy atom. The van der Waals surface area contributed by atoms with Crippen LogP contribution in [0.15, 0.2) is 66.0 Å². The number of Topliss-reactive ketones (excluding diaryl/α,β-unsaturated/α-hetero) is 1. The average Bonchev–Trinajstić information content (AvgIpc) is 3.49. The third kappa shape index (κ3) is 5.47. The largest absolute Gasteiger partial charge is 0.457 e. The molecule has 9 heteroatoms. The number of thiophene rings is 1. The van der Waals surface area contributed by atoms with Gasteiger partial charge in [0.2, 0.25) is 5.91 Å². The first kappa shape index (κ1) is 22.7. The van der Waals surface area contributed by atoms with Gasteiger partial charge in [-0.2, -0.15) is 0 Å². The highest BCUT2D eigenvalue weighted by molar-refractivity contribution is 7.12. The minimum Gasteiger partial charge on any atom is -0.457 e. The summed E-state index contributed by atoms with van der Waals surface area (Å²) in [7, 11) is 0. The number of halogens is 1. The lowest BCUT2D eigenvalue weighted by Gasteiger charge is -2.16. The molecule has 0 aliphatic carbocycles. The molecule has 1 aliphatic rings. The average molecular weight is 484 g/mol. The van der Waals surface area contributed by atoms with E-state index in [0.29, 0.717) is 26.9 Å². The van der Waals surface area contributed by atoms with E-state index in [-0.39, 0.29) is 18.9 Å². The smallest absolute Gasteiger partial charge is 0.353 e. The van der Waals surface area contributed by atoms with Crippen LogP contribution in [-0.2, 0) is 14.3 Å². The van der Waals surface area contributed by atoms with Crippen LogP contribution in [0, 0.1) is 5.92 Å². The van der Waals surface area contributed by atoms with Crippen molar-refractivity contribution in [3.63, 3.8) is 0 Å². The lowest BCUT2D eigenvalue weighted by Crippen LogP contribution is -2.27. The van der Waals surface area contributed by atoms with E-state index in [1.54, 1.807) is 41.8 Å². The normalized spacial score (nSPS) is 15.4. The molecule has 0 unspecified atom stereocenters. The van der Waals surface area contributed by atoms with Gasteiger partial charge in [0, 0.05) is 29.2 Å². The molecular formula is C24H18ClNO6S. The maximum absolute atomic E-state index is 12.4. The van der Waals surface area contributed by atoms with E-state index < -0.39 is 30.2 Å². The highest BCUT2D eigenvalue weighted by atomic mass is 35.5. The first-order valence-corrected chi connectivity index (χ1v) is 11.3. The fourth-order valence-electron chi connectivity index (χ4n) is 3.33. The van der Waals surface area contributed by atoms with E-state index in [2.05, 4.69) is 0 Å². The van der Waals surface area contributed by atoms with Crippen LogP contribution >= 0.6 is 22.9 Å². The summed E-state index contributed by atoms with van der Waals surface area (Å²) in [6.07, 6.45) is 0.0138. The summed E-state index contributed by atoms with van der Waals surface area (Å²) in [4.78, 5) is 51.1. The molecule has 33 heavy (non-hydrogen) atoms. The number of ketones is 1. The van der Waals surface area contributed by atoms with E-state index in [9.17, 15) is 19.2 Å². The lowest BCUT2D eigenvalue weighted by atomic mass is 10.1. The molecule has 2 heterocycles. The van der Waals surface area contributed by atoms with Crippen molar-refractivity contribution < 1.29 is 28.7 Å². The van der Waals surface area contributed by atoms with Gasteiger partial charge in [0.1, 0.15) is 10.6 Å². The van der Waals surface area contributed by atoms with Crippen LogP contribution in [0.3, 0.4) is 0 Å².